The monoisotopic (exact) mass is 303 g/mol. The molecule has 1 nitrogen and oxygen atoms in total. The van der Waals surface area contributed by atoms with E-state index in [2.05, 4.69) is 55.6 Å². The number of nitrogens with zero attached hydrogens (tertiary/aromatic N) is 1. The third-order valence-electron chi connectivity index (χ3n) is 5.16. The maximum atomic E-state index is 5.56. The molecule has 118 valence electrons. The highest BCUT2D eigenvalue weighted by atomic mass is 15.1. The Morgan fingerprint density at radius 1 is 1.26 bits per heavy atom. The van der Waals surface area contributed by atoms with Gasteiger partial charge in [-0.1, -0.05) is 30.7 Å². The molecule has 1 aliphatic heterocycles. The molecule has 2 aliphatic carbocycles. The molecule has 0 aromatic heterocycles. The van der Waals surface area contributed by atoms with E-state index in [0.29, 0.717) is 0 Å². The van der Waals surface area contributed by atoms with Gasteiger partial charge in [0.25, 0.3) is 0 Å². The van der Waals surface area contributed by atoms with E-state index in [9.17, 15) is 0 Å². The summed E-state index contributed by atoms with van der Waals surface area (Å²) in [6.45, 7) is 11.0. The van der Waals surface area contributed by atoms with Crippen molar-refractivity contribution in [3.8, 4) is 12.3 Å². The first kappa shape index (κ1) is 15.7. The van der Waals surface area contributed by atoms with E-state index in [0.717, 1.165) is 24.0 Å². The molecule has 23 heavy (non-hydrogen) atoms. The zero-order valence-corrected chi connectivity index (χ0v) is 14.3. The molecule has 0 aromatic carbocycles. The van der Waals surface area contributed by atoms with Gasteiger partial charge >= 0.3 is 0 Å². The summed E-state index contributed by atoms with van der Waals surface area (Å²) in [6.07, 6.45) is 18.8. The predicted molar refractivity (Wildman–Crippen MR) is 98.7 cm³/mol. The largest absolute Gasteiger partial charge is 0.375 e. The third-order valence-corrected chi connectivity index (χ3v) is 5.16. The number of hydrogen-bond donors (Lipinski definition) is 0. The smallest absolute Gasteiger partial charge is 0.0183 e. The lowest BCUT2D eigenvalue weighted by atomic mass is 9.84. The molecule has 1 heteroatoms. The zero-order valence-electron chi connectivity index (χ0n) is 14.3. The molecule has 0 saturated carbocycles. The lowest BCUT2D eigenvalue weighted by molar-refractivity contribution is 0.414. The normalized spacial score (nSPS) is 22.1. The van der Waals surface area contributed by atoms with Gasteiger partial charge in [-0.15, -0.1) is 6.42 Å². The van der Waals surface area contributed by atoms with Gasteiger partial charge in [-0.2, -0.15) is 0 Å². The van der Waals surface area contributed by atoms with Crippen LogP contribution < -0.4 is 0 Å². The van der Waals surface area contributed by atoms with Crippen LogP contribution in [0, 0.1) is 12.3 Å². The van der Waals surface area contributed by atoms with Gasteiger partial charge in [-0.05, 0) is 60.6 Å². The Kier molecular flexibility index (Phi) is 4.44. The van der Waals surface area contributed by atoms with Crippen LogP contribution in [0.3, 0.4) is 0 Å². The van der Waals surface area contributed by atoms with Gasteiger partial charge in [0.15, 0.2) is 0 Å². The van der Waals surface area contributed by atoms with E-state index in [4.69, 9.17) is 6.42 Å². The van der Waals surface area contributed by atoms with Crippen LogP contribution in [0.4, 0.5) is 0 Å². The van der Waals surface area contributed by atoms with Crippen LogP contribution in [-0.2, 0) is 0 Å². The molecule has 0 amide bonds. The van der Waals surface area contributed by atoms with Gasteiger partial charge in [-0.25, -0.2) is 0 Å². The number of rotatable bonds is 3. The minimum atomic E-state index is 0.877. The quantitative estimate of drug-likeness (QED) is 0.657. The zero-order chi connectivity index (χ0) is 16.4. The van der Waals surface area contributed by atoms with Crippen molar-refractivity contribution < 1.29 is 0 Å². The van der Waals surface area contributed by atoms with Gasteiger partial charge in [0.1, 0.15) is 0 Å². The van der Waals surface area contributed by atoms with Crippen LogP contribution in [0.2, 0.25) is 0 Å². The summed E-state index contributed by atoms with van der Waals surface area (Å²) in [4.78, 5) is 2.53. The summed E-state index contributed by atoms with van der Waals surface area (Å²) in [5, 5.41) is 0. The summed E-state index contributed by atoms with van der Waals surface area (Å²) in [6, 6.07) is 0. The number of terminal acetylenes is 1. The van der Waals surface area contributed by atoms with Crippen LogP contribution in [0.1, 0.15) is 39.5 Å². The second-order valence-electron chi connectivity index (χ2n) is 6.54. The molecule has 0 atom stereocenters. The van der Waals surface area contributed by atoms with Crippen molar-refractivity contribution in [3.63, 3.8) is 0 Å². The second kappa shape index (κ2) is 6.50. The first-order valence-electron chi connectivity index (χ1n) is 8.52. The van der Waals surface area contributed by atoms with E-state index >= 15 is 0 Å². The molecule has 3 rings (SSSR count). The van der Waals surface area contributed by atoms with E-state index in [1.165, 1.54) is 53.9 Å². The van der Waals surface area contributed by atoms with E-state index in [1.807, 2.05) is 0 Å². The summed E-state index contributed by atoms with van der Waals surface area (Å²) < 4.78 is 0. The molecule has 1 heterocycles. The fraction of sp³-hybridized carbons (Fsp3) is 0.364. The van der Waals surface area contributed by atoms with Crippen LogP contribution in [0.25, 0.3) is 0 Å². The summed E-state index contributed by atoms with van der Waals surface area (Å²) in [7, 11) is 0. The van der Waals surface area contributed by atoms with Gasteiger partial charge in [0.2, 0.25) is 0 Å². The topological polar surface area (TPSA) is 3.24 Å². The van der Waals surface area contributed by atoms with Crippen molar-refractivity contribution >= 4 is 0 Å². The number of allylic oxidation sites excluding steroid dienone is 10. The minimum Gasteiger partial charge on any atom is -0.375 e. The van der Waals surface area contributed by atoms with Gasteiger partial charge in [0.05, 0.1) is 0 Å². The lowest BCUT2D eigenvalue weighted by Gasteiger charge is -2.29. The molecule has 0 radical (unpaired) electrons. The number of hydrogen-bond acceptors (Lipinski definition) is 1. The molecule has 0 bridgehead atoms. The Hall–Kier alpha value is -2.20. The Morgan fingerprint density at radius 3 is 2.61 bits per heavy atom. The maximum absolute atomic E-state index is 5.56. The lowest BCUT2D eigenvalue weighted by Crippen LogP contribution is -2.21. The minimum absolute atomic E-state index is 0.877. The Bertz CT molecular complexity index is 722. The van der Waals surface area contributed by atoms with Gasteiger partial charge in [0, 0.05) is 37.2 Å². The molecule has 0 spiro atoms. The fourth-order valence-corrected chi connectivity index (χ4v) is 3.73. The molecular weight excluding hydrogens is 278 g/mol. The highest BCUT2D eigenvalue weighted by Gasteiger charge is 2.24. The Labute approximate surface area is 140 Å². The van der Waals surface area contributed by atoms with Crippen LogP contribution >= 0.6 is 0 Å². The van der Waals surface area contributed by atoms with E-state index < -0.39 is 0 Å². The number of likely N-dealkylation sites (tertiary alicyclic amines) is 1. The van der Waals surface area contributed by atoms with Crippen molar-refractivity contribution in [3.05, 3.63) is 70.0 Å². The van der Waals surface area contributed by atoms with Crippen molar-refractivity contribution in [1.82, 2.24) is 4.90 Å². The second-order valence-corrected chi connectivity index (χ2v) is 6.54. The van der Waals surface area contributed by atoms with Crippen LogP contribution in [0.5, 0.6) is 0 Å². The van der Waals surface area contributed by atoms with Gasteiger partial charge in [-0.3, -0.25) is 0 Å². The average molecular weight is 303 g/mol. The summed E-state index contributed by atoms with van der Waals surface area (Å²) >= 11 is 0. The average Bonchev–Trinajstić information content (AvgIpc) is 3.23. The summed E-state index contributed by atoms with van der Waals surface area (Å²) in [5.41, 5.74) is 9.06. The fourth-order valence-electron chi connectivity index (χ4n) is 3.73. The van der Waals surface area contributed by atoms with Crippen LogP contribution in [-0.4, -0.2) is 18.0 Å². The maximum Gasteiger partial charge on any atom is 0.0183 e. The first-order chi connectivity index (χ1) is 11.1. The van der Waals surface area contributed by atoms with Crippen molar-refractivity contribution in [1.29, 1.82) is 0 Å². The molecule has 1 fully saturated rings. The molecule has 0 unspecified atom stereocenters. The van der Waals surface area contributed by atoms with Crippen LogP contribution in [0.15, 0.2) is 70.0 Å². The standard InChI is InChI=1S/C22H25N/c1-5-18-9-10-19(14-18)21(6-2)22-15-20(13-16(3)17(22)4)23-11-7-8-12-23/h1,6,9-10,13H,3,7-8,11-12,14-15H2,2,4H3/b21-6-. The van der Waals surface area contributed by atoms with Crippen molar-refractivity contribution in [2.24, 2.45) is 0 Å². The van der Waals surface area contributed by atoms with E-state index in [1.54, 1.807) is 0 Å². The third kappa shape index (κ3) is 2.99. The first-order valence-corrected chi connectivity index (χ1v) is 8.52. The van der Waals surface area contributed by atoms with Gasteiger partial charge < -0.3 is 4.90 Å². The Balaban J connectivity index is 1.87. The van der Waals surface area contributed by atoms with Crippen molar-refractivity contribution in [2.45, 2.75) is 39.5 Å². The molecule has 0 N–H and O–H groups in total. The predicted octanol–water partition coefficient (Wildman–Crippen LogP) is 5.08. The highest BCUT2D eigenvalue weighted by Crippen LogP contribution is 2.39. The molecule has 3 aliphatic rings. The Morgan fingerprint density at radius 2 is 2.00 bits per heavy atom. The van der Waals surface area contributed by atoms with Crippen molar-refractivity contribution in [2.75, 3.05) is 13.1 Å². The van der Waals surface area contributed by atoms with E-state index in [-0.39, 0.29) is 0 Å². The summed E-state index contributed by atoms with van der Waals surface area (Å²) in [5.74, 6) is 2.78. The molecule has 0 aromatic rings. The SMILES string of the molecule is C#CC1=CC=C(/C(=C/C)C2=C(C)C(=C)C=C(N3CCCC3)C2)C1. The highest BCUT2D eigenvalue weighted by molar-refractivity contribution is 5.61. The molecular formula is C22H25N. The molecule has 1 saturated heterocycles.